The summed E-state index contributed by atoms with van der Waals surface area (Å²) < 4.78 is 22.7. The van der Waals surface area contributed by atoms with Crippen LogP contribution in [0.3, 0.4) is 0 Å². The van der Waals surface area contributed by atoms with Crippen molar-refractivity contribution in [3.05, 3.63) is 71.8 Å². The fourth-order valence-corrected chi connectivity index (χ4v) is 4.15. The number of aromatic nitrogens is 3. The van der Waals surface area contributed by atoms with Crippen LogP contribution in [0, 0.1) is 5.82 Å². The van der Waals surface area contributed by atoms with E-state index in [-0.39, 0.29) is 5.82 Å². The molecule has 2 aromatic carbocycles. The van der Waals surface area contributed by atoms with Crippen molar-refractivity contribution in [3.63, 3.8) is 0 Å². The van der Waals surface area contributed by atoms with Gasteiger partial charge in [-0.1, -0.05) is 23.7 Å². The molecular weight excluding hydrogens is 417 g/mol. The van der Waals surface area contributed by atoms with Crippen molar-refractivity contribution in [3.8, 4) is 11.1 Å². The number of halogens is 2. The summed E-state index contributed by atoms with van der Waals surface area (Å²) >= 11 is 6.23. The summed E-state index contributed by atoms with van der Waals surface area (Å²) in [5.41, 5.74) is 3.78. The largest absolute Gasteiger partial charge is 0.378 e. The molecule has 0 radical (unpaired) electrons. The molecule has 0 unspecified atom stereocenters. The maximum Gasteiger partial charge on any atom is 0.157 e. The van der Waals surface area contributed by atoms with E-state index >= 15 is 4.39 Å². The molecule has 1 aliphatic rings. The van der Waals surface area contributed by atoms with E-state index in [1.165, 1.54) is 0 Å². The summed E-state index contributed by atoms with van der Waals surface area (Å²) in [5, 5.41) is 4.95. The molecule has 1 fully saturated rings. The molecule has 3 heterocycles. The fraction of sp³-hybridized carbons (Fsp3) is 0.217. The molecule has 0 spiro atoms. The highest BCUT2D eigenvalue weighted by Gasteiger charge is 2.22. The van der Waals surface area contributed by atoms with Crippen LogP contribution >= 0.6 is 11.6 Å². The first-order valence-electron chi connectivity index (χ1n) is 10.1. The standard InChI is InChI=1S/C23H21ClFN5O/c1-28(23-6-7-26-22-5-8-27-30(22)23)21-15-20(29-9-11-31-12-10-29)18(14-19(21)25)16-3-2-4-17(24)13-16/h2-8,13-15H,9-12H2,1H3. The number of benzene rings is 2. The van der Waals surface area contributed by atoms with Gasteiger partial charge in [0.25, 0.3) is 0 Å². The number of rotatable bonds is 4. The molecule has 158 valence electrons. The minimum atomic E-state index is -0.327. The van der Waals surface area contributed by atoms with E-state index in [0.717, 1.165) is 35.7 Å². The molecule has 0 amide bonds. The monoisotopic (exact) mass is 437 g/mol. The van der Waals surface area contributed by atoms with E-state index in [0.29, 0.717) is 29.6 Å². The summed E-state index contributed by atoms with van der Waals surface area (Å²) in [4.78, 5) is 8.32. The van der Waals surface area contributed by atoms with Crippen LogP contribution in [0.15, 0.2) is 60.9 Å². The maximum atomic E-state index is 15.5. The lowest BCUT2D eigenvalue weighted by atomic mass is 10.0. The average molecular weight is 438 g/mol. The third-order valence-electron chi connectivity index (χ3n) is 5.53. The predicted molar refractivity (Wildman–Crippen MR) is 121 cm³/mol. The lowest BCUT2D eigenvalue weighted by Gasteiger charge is -2.32. The third-order valence-corrected chi connectivity index (χ3v) is 5.76. The van der Waals surface area contributed by atoms with Crippen molar-refractivity contribution in [2.75, 3.05) is 43.2 Å². The minimum Gasteiger partial charge on any atom is -0.378 e. The maximum absolute atomic E-state index is 15.5. The number of nitrogens with zero attached hydrogens (tertiary/aromatic N) is 5. The molecule has 8 heteroatoms. The summed E-state index contributed by atoms with van der Waals surface area (Å²) in [5.74, 6) is 0.393. The molecule has 4 aromatic rings. The first-order chi connectivity index (χ1) is 15.1. The zero-order valence-electron chi connectivity index (χ0n) is 17.0. The third kappa shape index (κ3) is 3.71. The van der Waals surface area contributed by atoms with Gasteiger partial charge in [0.2, 0.25) is 0 Å². The van der Waals surface area contributed by atoms with Gasteiger partial charge in [0.1, 0.15) is 11.6 Å². The molecule has 31 heavy (non-hydrogen) atoms. The first-order valence-corrected chi connectivity index (χ1v) is 10.4. The highest BCUT2D eigenvalue weighted by molar-refractivity contribution is 6.30. The molecule has 5 rings (SSSR count). The van der Waals surface area contributed by atoms with Crippen molar-refractivity contribution in [2.24, 2.45) is 0 Å². The summed E-state index contributed by atoms with van der Waals surface area (Å²) in [6.45, 7) is 2.74. The normalized spacial score (nSPS) is 14.2. The fourth-order valence-electron chi connectivity index (χ4n) is 3.96. The number of hydrogen-bond donors (Lipinski definition) is 0. The average Bonchev–Trinajstić information content (AvgIpc) is 3.28. The Balaban J connectivity index is 1.65. The van der Waals surface area contributed by atoms with E-state index in [9.17, 15) is 0 Å². The highest BCUT2D eigenvalue weighted by atomic mass is 35.5. The molecule has 0 N–H and O–H groups in total. The second-order valence-corrected chi connectivity index (χ2v) is 7.83. The lowest BCUT2D eigenvalue weighted by molar-refractivity contribution is 0.123. The summed E-state index contributed by atoms with van der Waals surface area (Å²) in [7, 11) is 1.83. The Morgan fingerprint density at radius 1 is 1.06 bits per heavy atom. The van der Waals surface area contributed by atoms with Gasteiger partial charge >= 0.3 is 0 Å². The molecule has 1 saturated heterocycles. The lowest BCUT2D eigenvalue weighted by Crippen LogP contribution is -2.36. The van der Waals surface area contributed by atoms with E-state index in [1.54, 1.807) is 27.9 Å². The number of fused-ring (bicyclic) bond motifs is 1. The van der Waals surface area contributed by atoms with Crippen LogP contribution < -0.4 is 9.80 Å². The predicted octanol–water partition coefficient (Wildman–Crippen LogP) is 4.79. The van der Waals surface area contributed by atoms with Crippen LogP contribution in [0.1, 0.15) is 0 Å². The Kier molecular flexibility index (Phi) is 5.21. The van der Waals surface area contributed by atoms with E-state index < -0.39 is 0 Å². The van der Waals surface area contributed by atoms with Gasteiger partial charge in [0, 0.05) is 48.7 Å². The highest BCUT2D eigenvalue weighted by Crippen LogP contribution is 2.39. The molecule has 0 atom stereocenters. The van der Waals surface area contributed by atoms with Crippen LogP contribution in [-0.2, 0) is 4.74 Å². The zero-order valence-corrected chi connectivity index (χ0v) is 17.8. The number of hydrogen-bond acceptors (Lipinski definition) is 5. The molecule has 0 saturated carbocycles. The van der Waals surface area contributed by atoms with Crippen LogP contribution in [0.5, 0.6) is 0 Å². The topological polar surface area (TPSA) is 45.9 Å². The Labute approximate surface area is 184 Å². The Hall–Kier alpha value is -3.16. The van der Waals surface area contributed by atoms with Crippen molar-refractivity contribution in [2.45, 2.75) is 0 Å². The number of morpholine rings is 1. The van der Waals surface area contributed by atoms with E-state index in [4.69, 9.17) is 16.3 Å². The van der Waals surface area contributed by atoms with Gasteiger partial charge in [-0.3, -0.25) is 0 Å². The Bertz CT molecular complexity index is 1240. The number of ether oxygens (including phenoxy) is 1. The van der Waals surface area contributed by atoms with Gasteiger partial charge in [-0.2, -0.15) is 9.61 Å². The van der Waals surface area contributed by atoms with Gasteiger partial charge < -0.3 is 14.5 Å². The number of anilines is 3. The molecule has 1 aliphatic heterocycles. The molecular formula is C23H21ClFN5O. The molecule has 6 nitrogen and oxygen atoms in total. The zero-order chi connectivity index (χ0) is 21.4. The van der Waals surface area contributed by atoms with Gasteiger partial charge in [0.05, 0.1) is 25.1 Å². The molecule has 0 bridgehead atoms. The molecule has 0 aliphatic carbocycles. The van der Waals surface area contributed by atoms with Crippen molar-refractivity contribution in [1.82, 2.24) is 14.6 Å². The summed E-state index contributed by atoms with van der Waals surface area (Å²) in [6.07, 6.45) is 3.38. The van der Waals surface area contributed by atoms with Gasteiger partial charge in [0.15, 0.2) is 5.65 Å². The van der Waals surface area contributed by atoms with Gasteiger partial charge in [-0.05, 0) is 35.9 Å². The Morgan fingerprint density at radius 3 is 2.71 bits per heavy atom. The minimum absolute atomic E-state index is 0.327. The van der Waals surface area contributed by atoms with Crippen molar-refractivity contribution >= 4 is 34.4 Å². The van der Waals surface area contributed by atoms with E-state index in [2.05, 4.69) is 15.0 Å². The van der Waals surface area contributed by atoms with Crippen LogP contribution in [0.4, 0.5) is 21.6 Å². The quantitative estimate of drug-likeness (QED) is 0.459. The first kappa shape index (κ1) is 19.8. The van der Waals surface area contributed by atoms with Crippen molar-refractivity contribution < 1.29 is 9.13 Å². The second-order valence-electron chi connectivity index (χ2n) is 7.39. The van der Waals surface area contributed by atoms with Gasteiger partial charge in [-0.15, -0.1) is 0 Å². The van der Waals surface area contributed by atoms with E-state index in [1.807, 2.05) is 49.5 Å². The van der Waals surface area contributed by atoms with Crippen LogP contribution in [0.25, 0.3) is 16.8 Å². The summed E-state index contributed by atoms with van der Waals surface area (Å²) in [6, 6.07) is 14.6. The SMILES string of the molecule is CN(c1cc(N2CCOCC2)c(-c2cccc(Cl)c2)cc1F)c1ccnc2ccnn12. The Morgan fingerprint density at radius 2 is 1.90 bits per heavy atom. The molecule has 2 aromatic heterocycles. The van der Waals surface area contributed by atoms with Crippen LogP contribution in [-0.4, -0.2) is 47.9 Å². The smallest absolute Gasteiger partial charge is 0.157 e. The second kappa shape index (κ2) is 8.17. The van der Waals surface area contributed by atoms with Crippen LogP contribution in [0.2, 0.25) is 5.02 Å². The van der Waals surface area contributed by atoms with Crippen molar-refractivity contribution in [1.29, 1.82) is 0 Å². The van der Waals surface area contributed by atoms with Gasteiger partial charge in [-0.25, -0.2) is 9.37 Å².